The number of Topliss-reactive ketones (excluding diaryl/α,β-unsaturated/α-hetero) is 1. The Labute approximate surface area is 111 Å². The maximum absolute atomic E-state index is 11.6. The maximum Gasteiger partial charge on any atom is 0.189 e. The molecule has 88 valence electrons. The van der Waals surface area contributed by atoms with Crippen LogP contribution in [0.15, 0.2) is 24.4 Å². The number of anilines is 2. The monoisotopic (exact) mass is 311 g/mol. The fourth-order valence-electron chi connectivity index (χ4n) is 1.32. The summed E-state index contributed by atoms with van der Waals surface area (Å²) in [5.74, 6) is 0.771. The van der Waals surface area contributed by atoms with Gasteiger partial charge in [-0.2, -0.15) is 0 Å². The number of aromatic nitrogens is 2. The zero-order valence-electron chi connectivity index (χ0n) is 9.11. The average Bonchev–Trinajstić information content (AvgIpc) is 2.70. The summed E-state index contributed by atoms with van der Waals surface area (Å²) in [5, 5.41) is 4.08. The summed E-state index contributed by atoms with van der Waals surface area (Å²) in [6, 6.07) is 5.58. The SMILES string of the molecule is Cc1nc(Nc2ccccn2)sc1C(=O)CBr. The summed E-state index contributed by atoms with van der Waals surface area (Å²) in [4.78, 5) is 20.7. The topological polar surface area (TPSA) is 54.9 Å². The normalized spacial score (nSPS) is 10.2. The van der Waals surface area contributed by atoms with E-state index in [4.69, 9.17) is 0 Å². The molecule has 0 aliphatic carbocycles. The van der Waals surface area contributed by atoms with Crippen LogP contribution in [0.2, 0.25) is 0 Å². The lowest BCUT2D eigenvalue weighted by Gasteiger charge is -1.98. The summed E-state index contributed by atoms with van der Waals surface area (Å²) in [7, 11) is 0. The number of nitrogens with zero attached hydrogens (tertiary/aromatic N) is 2. The summed E-state index contributed by atoms with van der Waals surface area (Å²) in [5.41, 5.74) is 0.748. The number of aryl methyl sites for hydroxylation is 1. The standard InChI is InChI=1S/C11H10BrN3OS/c1-7-10(8(16)6-12)17-11(14-7)15-9-4-2-3-5-13-9/h2-5H,6H2,1H3,(H,13,14,15). The van der Waals surface area contributed by atoms with E-state index in [2.05, 4.69) is 31.2 Å². The van der Waals surface area contributed by atoms with Crippen LogP contribution in [-0.4, -0.2) is 21.1 Å². The van der Waals surface area contributed by atoms with Crippen molar-refractivity contribution in [1.29, 1.82) is 0 Å². The number of hydrogen-bond acceptors (Lipinski definition) is 5. The molecule has 0 aromatic carbocycles. The number of hydrogen-bond donors (Lipinski definition) is 1. The third-order valence-electron chi connectivity index (χ3n) is 2.07. The van der Waals surface area contributed by atoms with Crippen LogP contribution in [0.1, 0.15) is 15.4 Å². The zero-order valence-corrected chi connectivity index (χ0v) is 11.5. The minimum Gasteiger partial charge on any atom is -0.316 e. The first kappa shape index (κ1) is 12.2. The fraction of sp³-hybridized carbons (Fsp3) is 0.182. The number of thiazole rings is 1. The number of carbonyl (C=O) groups excluding carboxylic acids is 1. The van der Waals surface area contributed by atoms with Crippen LogP contribution < -0.4 is 5.32 Å². The van der Waals surface area contributed by atoms with Gasteiger partial charge in [0.25, 0.3) is 0 Å². The fourth-order valence-corrected chi connectivity index (χ4v) is 2.69. The Balaban J connectivity index is 2.21. The van der Waals surface area contributed by atoms with Crippen molar-refractivity contribution in [3.8, 4) is 0 Å². The lowest BCUT2D eigenvalue weighted by atomic mass is 10.3. The second-order valence-corrected chi connectivity index (χ2v) is 4.89. The van der Waals surface area contributed by atoms with Gasteiger partial charge in [0, 0.05) is 6.20 Å². The van der Waals surface area contributed by atoms with Gasteiger partial charge >= 0.3 is 0 Å². The molecule has 0 amide bonds. The molecule has 0 bridgehead atoms. The van der Waals surface area contributed by atoms with E-state index in [1.165, 1.54) is 11.3 Å². The molecule has 0 aliphatic rings. The molecule has 0 saturated heterocycles. The molecule has 2 aromatic heterocycles. The molecule has 4 nitrogen and oxygen atoms in total. The van der Waals surface area contributed by atoms with Crippen molar-refractivity contribution in [2.75, 3.05) is 10.6 Å². The van der Waals surface area contributed by atoms with Crippen molar-refractivity contribution in [3.63, 3.8) is 0 Å². The summed E-state index contributed by atoms with van der Waals surface area (Å²) in [6.45, 7) is 1.83. The van der Waals surface area contributed by atoms with Crippen molar-refractivity contribution in [3.05, 3.63) is 35.0 Å². The number of rotatable bonds is 4. The van der Waals surface area contributed by atoms with Crippen molar-refractivity contribution in [1.82, 2.24) is 9.97 Å². The van der Waals surface area contributed by atoms with Gasteiger partial charge in [-0.1, -0.05) is 33.3 Å². The van der Waals surface area contributed by atoms with E-state index in [1.807, 2.05) is 25.1 Å². The lowest BCUT2D eigenvalue weighted by Crippen LogP contribution is -1.98. The number of ketones is 1. The van der Waals surface area contributed by atoms with Crippen molar-refractivity contribution < 1.29 is 4.79 Å². The van der Waals surface area contributed by atoms with Gasteiger partial charge in [-0.05, 0) is 19.1 Å². The van der Waals surface area contributed by atoms with E-state index in [0.717, 1.165) is 11.5 Å². The van der Waals surface area contributed by atoms with Crippen LogP contribution in [-0.2, 0) is 0 Å². The number of pyridine rings is 1. The molecule has 0 spiro atoms. The third kappa shape index (κ3) is 2.89. The highest BCUT2D eigenvalue weighted by atomic mass is 79.9. The van der Waals surface area contributed by atoms with E-state index >= 15 is 0 Å². The smallest absolute Gasteiger partial charge is 0.189 e. The van der Waals surface area contributed by atoms with E-state index in [9.17, 15) is 4.79 Å². The highest BCUT2D eigenvalue weighted by molar-refractivity contribution is 9.09. The van der Waals surface area contributed by atoms with E-state index < -0.39 is 0 Å². The average molecular weight is 312 g/mol. The Kier molecular flexibility index (Phi) is 3.86. The van der Waals surface area contributed by atoms with Crippen LogP contribution in [0.4, 0.5) is 10.9 Å². The largest absolute Gasteiger partial charge is 0.316 e. The molecule has 0 aliphatic heterocycles. The van der Waals surface area contributed by atoms with Crippen LogP contribution in [0, 0.1) is 6.92 Å². The van der Waals surface area contributed by atoms with Gasteiger partial charge in [0.15, 0.2) is 10.9 Å². The molecule has 0 atom stereocenters. The minimum absolute atomic E-state index is 0.0501. The number of halogens is 1. The quantitative estimate of drug-likeness (QED) is 0.696. The van der Waals surface area contributed by atoms with Crippen molar-refractivity contribution in [2.45, 2.75) is 6.92 Å². The Bertz CT molecular complexity index is 527. The molecule has 0 radical (unpaired) electrons. The van der Waals surface area contributed by atoms with Gasteiger partial charge in [0.05, 0.1) is 15.9 Å². The third-order valence-corrected chi connectivity index (χ3v) is 3.69. The minimum atomic E-state index is 0.0501. The molecular weight excluding hydrogens is 302 g/mol. The van der Waals surface area contributed by atoms with Crippen LogP contribution in [0.3, 0.4) is 0 Å². The molecule has 0 unspecified atom stereocenters. The van der Waals surface area contributed by atoms with E-state index in [1.54, 1.807) is 6.20 Å². The highest BCUT2D eigenvalue weighted by Gasteiger charge is 2.14. The van der Waals surface area contributed by atoms with E-state index in [-0.39, 0.29) is 5.78 Å². The highest BCUT2D eigenvalue weighted by Crippen LogP contribution is 2.25. The summed E-state index contributed by atoms with van der Waals surface area (Å²) < 4.78 is 0. The first-order chi connectivity index (χ1) is 8.20. The van der Waals surface area contributed by atoms with Gasteiger partial charge in [0.2, 0.25) is 0 Å². The Hall–Kier alpha value is -1.27. The molecule has 2 rings (SSSR count). The molecule has 2 aromatic rings. The zero-order chi connectivity index (χ0) is 12.3. The molecule has 0 fully saturated rings. The van der Waals surface area contributed by atoms with Gasteiger partial charge in [-0.3, -0.25) is 4.79 Å². The predicted molar refractivity (Wildman–Crippen MR) is 72.5 cm³/mol. The second kappa shape index (κ2) is 5.37. The van der Waals surface area contributed by atoms with Gasteiger partial charge < -0.3 is 5.32 Å². The molecule has 0 saturated carbocycles. The molecule has 6 heteroatoms. The molecule has 2 heterocycles. The Morgan fingerprint density at radius 3 is 3.00 bits per heavy atom. The predicted octanol–water partition coefficient (Wildman–Crippen LogP) is 3.17. The Morgan fingerprint density at radius 1 is 1.53 bits per heavy atom. The molecule has 17 heavy (non-hydrogen) atoms. The number of alkyl halides is 1. The van der Waals surface area contributed by atoms with E-state index in [0.29, 0.717) is 15.3 Å². The number of carbonyl (C=O) groups is 1. The summed E-state index contributed by atoms with van der Waals surface area (Å²) >= 11 is 4.50. The van der Waals surface area contributed by atoms with Gasteiger partial charge in [-0.25, -0.2) is 9.97 Å². The second-order valence-electron chi connectivity index (χ2n) is 3.33. The van der Waals surface area contributed by atoms with Crippen molar-refractivity contribution >= 4 is 44.0 Å². The first-order valence-corrected chi connectivity index (χ1v) is 6.89. The van der Waals surface area contributed by atoms with Crippen LogP contribution in [0.25, 0.3) is 0 Å². The van der Waals surface area contributed by atoms with Crippen LogP contribution in [0.5, 0.6) is 0 Å². The van der Waals surface area contributed by atoms with Crippen LogP contribution >= 0.6 is 27.3 Å². The van der Waals surface area contributed by atoms with Crippen molar-refractivity contribution in [2.24, 2.45) is 0 Å². The molecule has 1 N–H and O–H groups in total. The maximum atomic E-state index is 11.6. The Morgan fingerprint density at radius 2 is 2.35 bits per heavy atom. The van der Waals surface area contributed by atoms with Gasteiger partial charge in [0.1, 0.15) is 5.82 Å². The number of nitrogens with one attached hydrogen (secondary N) is 1. The molecular formula is C11H10BrN3OS. The van der Waals surface area contributed by atoms with Gasteiger partial charge in [-0.15, -0.1) is 0 Å². The first-order valence-electron chi connectivity index (χ1n) is 4.95. The lowest BCUT2D eigenvalue weighted by molar-refractivity contribution is 0.102. The summed E-state index contributed by atoms with van der Waals surface area (Å²) in [6.07, 6.45) is 1.70.